The van der Waals surface area contributed by atoms with Gasteiger partial charge in [-0.3, -0.25) is 0 Å². The SMILES string of the molecule is CN(C)CCc1c(-c2[nH]c3cccc(O)c3c2CCN(C)C)[nH]c2cccc(O)c12. The van der Waals surface area contributed by atoms with Crippen molar-refractivity contribution in [3.63, 3.8) is 0 Å². The minimum absolute atomic E-state index is 0.289. The van der Waals surface area contributed by atoms with Crippen molar-refractivity contribution >= 4 is 21.8 Å². The molecular weight excluding hydrogens is 376 g/mol. The van der Waals surface area contributed by atoms with Crippen LogP contribution in [0.1, 0.15) is 11.1 Å². The molecule has 0 aliphatic rings. The fraction of sp³-hybridized carbons (Fsp3) is 0.333. The number of H-pyrrole nitrogens is 2. The van der Waals surface area contributed by atoms with E-state index in [1.807, 2.05) is 24.3 Å². The number of nitrogens with zero attached hydrogens (tertiary/aromatic N) is 2. The highest BCUT2D eigenvalue weighted by Gasteiger charge is 2.22. The Labute approximate surface area is 176 Å². The Hall–Kier alpha value is -2.96. The second kappa shape index (κ2) is 8.05. The molecule has 0 radical (unpaired) electrons. The van der Waals surface area contributed by atoms with E-state index < -0.39 is 0 Å². The molecule has 0 bridgehead atoms. The average molecular weight is 407 g/mol. The summed E-state index contributed by atoms with van der Waals surface area (Å²) in [5, 5.41) is 23.0. The van der Waals surface area contributed by atoms with Gasteiger partial charge in [-0.15, -0.1) is 0 Å². The zero-order valence-corrected chi connectivity index (χ0v) is 18.1. The van der Waals surface area contributed by atoms with Gasteiger partial charge in [-0.25, -0.2) is 0 Å². The summed E-state index contributed by atoms with van der Waals surface area (Å²) in [6.45, 7) is 1.74. The van der Waals surface area contributed by atoms with Gasteiger partial charge in [-0.2, -0.15) is 0 Å². The molecule has 158 valence electrons. The molecule has 0 atom stereocenters. The standard InChI is InChI=1S/C24H30N4O2/c1-27(2)13-11-15-21-17(7-5-9-19(21)29)25-23(15)24-16(12-14-28(3)4)22-18(26-24)8-6-10-20(22)30/h5-10,25-26,29-30H,11-14H2,1-4H3. The van der Waals surface area contributed by atoms with Crippen molar-refractivity contribution in [2.24, 2.45) is 0 Å². The Morgan fingerprint density at radius 2 is 1.07 bits per heavy atom. The van der Waals surface area contributed by atoms with Crippen LogP contribution in [0.5, 0.6) is 11.5 Å². The molecule has 2 aromatic heterocycles. The highest BCUT2D eigenvalue weighted by molar-refractivity contribution is 5.99. The topological polar surface area (TPSA) is 78.5 Å². The van der Waals surface area contributed by atoms with Crippen LogP contribution in [0.3, 0.4) is 0 Å². The summed E-state index contributed by atoms with van der Waals surface area (Å²) in [6, 6.07) is 11.2. The number of likely N-dealkylation sites (N-methyl/N-ethyl adjacent to an activating group) is 2. The van der Waals surface area contributed by atoms with E-state index >= 15 is 0 Å². The molecule has 0 spiro atoms. The van der Waals surface area contributed by atoms with Crippen molar-refractivity contribution in [1.82, 2.24) is 19.8 Å². The lowest BCUT2D eigenvalue weighted by Crippen LogP contribution is -2.16. The van der Waals surface area contributed by atoms with Crippen LogP contribution in [0.2, 0.25) is 0 Å². The van der Waals surface area contributed by atoms with Gasteiger partial charge in [0, 0.05) is 34.9 Å². The van der Waals surface area contributed by atoms with Crippen molar-refractivity contribution in [1.29, 1.82) is 0 Å². The minimum Gasteiger partial charge on any atom is -0.507 e. The van der Waals surface area contributed by atoms with Gasteiger partial charge in [0.15, 0.2) is 0 Å². The number of benzene rings is 2. The maximum Gasteiger partial charge on any atom is 0.125 e. The molecule has 0 saturated carbocycles. The third-order valence-electron chi connectivity index (χ3n) is 5.68. The Morgan fingerprint density at radius 1 is 0.667 bits per heavy atom. The number of rotatable bonds is 7. The third kappa shape index (κ3) is 3.64. The van der Waals surface area contributed by atoms with Gasteiger partial charge in [0.2, 0.25) is 0 Å². The summed E-state index contributed by atoms with van der Waals surface area (Å²) < 4.78 is 0. The molecular formula is C24H30N4O2. The fourth-order valence-corrected chi connectivity index (χ4v) is 4.19. The number of phenols is 2. The van der Waals surface area contributed by atoms with E-state index in [1.54, 1.807) is 12.1 Å². The molecule has 2 aromatic carbocycles. The fourth-order valence-electron chi connectivity index (χ4n) is 4.19. The molecule has 0 saturated heterocycles. The van der Waals surface area contributed by atoms with Crippen LogP contribution < -0.4 is 0 Å². The number of aromatic hydroxyl groups is 2. The molecule has 6 nitrogen and oxygen atoms in total. The van der Waals surface area contributed by atoms with Crippen LogP contribution in [-0.4, -0.2) is 71.3 Å². The van der Waals surface area contributed by atoms with Crippen LogP contribution in [-0.2, 0) is 12.8 Å². The molecule has 0 unspecified atom stereocenters. The van der Waals surface area contributed by atoms with Crippen molar-refractivity contribution in [3.8, 4) is 22.9 Å². The summed E-state index contributed by atoms with van der Waals surface area (Å²) in [7, 11) is 8.21. The Kier molecular flexibility index (Phi) is 5.45. The highest BCUT2D eigenvalue weighted by atomic mass is 16.3. The second-order valence-corrected chi connectivity index (χ2v) is 8.46. The lowest BCUT2D eigenvalue weighted by Gasteiger charge is -2.13. The van der Waals surface area contributed by atoms with E-state index in [1.165, 1.54) is 0 Å². The summed E-state index contributed by atoms with van der Waals surface area (Å²) in [4.78, 5) is 11.4. The lowest BCUT2D eigenvalue weighted by atomic mass is 10.00. The average Bonchev–Trinajstić information content (AvgIpc) is 3.24. The molecule has 4 rings (SSSR count). The van der Waals surface area contributed by atoms with Crippen LogP contribution in [0.15, 0.2) is 36.4 Å². The zero-order valence-electron chi connectivity index (χ0n) is 18.1. The molecule has 0 aliphatic heterocycles. The number of aromatic nitrogens is 2. The highest BCUT2D eigenvalue weighted by Crippen LogP contribution is 2.40. The Bertz CT molecular complexity index is 1090. The summed E-state index contributed by atoms with van der Waals surface area (Å²) >= 11 is 0. The van der Waals surface area contributed by atoms with Gasteiger partial charge in [0.1, 0.15) is 11.5 Å². The summed E-state index contributed by atoms with van der Waals surface area (Å²) in [5.74, 6) is 0.579. The Balaban J connectivity index is 1.97. The predicted molar refractivity (Wildman–Crippen MR) is 123 cm³/mol. The Morgan fingerprint density at radius 3 is 1.43 bits per heavy atom. The first kappa shape index (κ1) is 20.3. The van der Waals surface area contributed by atoms with Crippen LogP contribution in [0, 0.1) is 0 Å². The van der Waals surface area contributed by atoms with E-state index in [0.717, 1.165) is 70.3 Å². The van der Waals surface area contributed by atoms with Crippen LogP contribution >= 0.6 is 0 Å². The number of fused-ring (bicyclic) bond motifs is 2. The lowest BCUT2D eigenvalue weighted by molar-refractivity contribution is 0.413. The van der Waals surface area contributed by atoms with E-state index in [4.69, 9.17) is 0 Å². The number of phenolic OH excluding ortho intramolecular Hbond substituents is 2. The molecule has 4 N–H and O–H groups in total. The van der Waals surface area contributed by atoms with Crippen LogP contribution in [0.25, 0.3) is 33.2 Å². The monoisotopic (exact) mass is 406 g/mol. The van der Waals surface area contributed by atoms with Gasteiger partial charge in [0.05, 0.1) is 11.4 Å². The van der Waals surface area contributed by atoms with Gasteiger partial charge < -0.3 is 30.0 Å². The molecule has 6 heteroatoms. The molecule has 0 amide bonds. The van der Waals surface area contributed by atoms with Gasteiger partial charge >= 0.3 is 0 Å². The van der Waals surface area contributed by atoms with E-state index in [0.29, 0.717) is 0 Å². The van der Waals surface area contributed by atoms with Crippen molar-refractivity contribution in [2.45, 2.75) is 12.8 Å². The molecule has 4 aromatic rings. The maximum atomic E-state index is 10.6. The number of aromatic amines is 2. The quantitative estimate of drug-likeness (QED) is 0.375. The number of hydrogen-bond donors (Lipinski definition) is 4. The maximum absolute atomic E-state index is 10.6. The van der Waals surface area contributed by atoms with Crippen molar-refractivity contribution < 1.29 is 10.2 Å². The van der Waals surface area contributed by atoms with Crippen LogP contribution in [0.4, 0.5) is 0 Å². The first-order chi connectivity index (χ1) is 14.4. The van der Waals surface area contributed by atoms with Crippen molar-refractivity contribution in [2.75, 3.05) is 41.3 Å². The zero-order chi connectivity index (χ0) is 21.4. The second-order valence-electron chi connectivity index (χ2n) is 8.46. The summed E-state index contributed by atoms with van der Waals surface area (Å²) in [5.41, 5.74) is 5.98. The van der Waals surface area contributed by atoms with E-state index in [2.05, 4.69) is 48.0 Å². The van der Waals surface area contributed by atoms with E-state index in [-0.39, 0.29) is 11.5 Å². The third-order valence-corrected chi connectivity index (χ3v) is 5.68. The molecule has 0 aliphatic carbocycles. The largest absolute Gasteiger partial charge is 0.507 e. The number of nitrogens with one attached hydrogen (secondary N) is 2. The predicted octanol–water partition coefficient (Wildman–Crippen LogP) is 3.94. The minimum atomic E-state index is 0.289. The van der Waals surface area contributed by atoms with Gasteiger partial charge in [0.25, 0.3) is 0 Å². The normalized spacial score (nSPS) is 12.1. The smallest absolute Gasteiger partial charge is 0.125 e. The first-order valence-corrected chi connectivity index (χ1v) is 10.3. The molecule has 2 heterocycles. The number of hydrogen-bond acceptors (Lipinski definition) is 4. The first-order valence-electron chi connectivity index (χ1n) is 10.3. The van der Waals surface area contributed by atoms with Crippen molar-refractivity contribution in [3.05, 3.63) is 47.5 Å². The van der Waals surface area contributed by atoms with E-state index in [9.17, 15) is 10.2 Å². The van der Waals surface area contributed by atoms with Gasteiger partial charge in [-0.1, -0.05) is 12.1 Å². The molecule has 0 fully saturated rings. The molecule has 30 heavy (non-hydrogen) atoms. The summed E-state index contributed by atoms with van der Waals surface area (Å²) in [6.07, 6.45) is 1.60. The van der Waals surface area contributed by atoms with Gasteiger partial charge in [-0.05, 0) is 76.4 Å².